The van der Waals surface area contributed by atoms with Crippen molar-refractivity contribution in [1.29, 1.82) is 0 Å². The Morgan fingerprint density at radius 3 is 1.03 bits per heavy atom. The van der Waals surface area contributed by atoms with Crippen molar-refractivity contribution in [2.75, 3.05) is 36.0 Å². The maximum atomic E-state index is 10.6. The van der Waals surface area contributed by atoms with Gasteiger partial charge in [0.25, 0.3) is 0 Å². The standard InChI is InChI=1S/2C10H15NO3S2.Co/c2*1-3-11(4-2)9-5-7-10(8-6-9)15-16(12,13)14;/h2*5-8H,3-4H2,1-2H3,(H,12,13,14);. The Balaban J connectivity index is 0.000000602. The van der Waals surface area contributed by atoms with Gasteiger partial charge in [0.15, 0.2) is 0 Å². The minimum absolute atomic E-state index is 0. The fraction of sp³-hybridized carbons (Fsp3) is 0.400. The van der Waals surface area contributed by atoms with Crippen LogP contribution in [0.25, 0.3) is 0 Å². The normalized spacial score (nSPS) is 11.1. The van der Waals surface area contributed by atoms with E-state index in [9.17, 15) is 16.8 Å². The van der Waals surface area contributed by atoms with Crippen LogP contribution in [0.5, 0.6) is 0 Å². The number of rotatable bonds is 10. The summed E-state index contributed by atoms with van der Waals surface area (Å²) in [5, 5.41) is 0. The van der Waals surface area contributed by atoms with Crippen LogP contribution in [0.15, 0.2) is 58.3 Å². The van der Waals surface area contributed by atoms with Crippen LogP contribution in [0, 0.1) is 0 Å². The van der Waals surface area contributed by atoms with Gasteiger partial charge in [-0.1, -0.05) is 0 Å². The Morgan fingerprint density at radius 1 is 0.606 bits per heavy atom. The van der Waals surface area contributed by atoms with Gasteiger partial charge in [0.05, 0.1) is 0 Å². The van der Waals surface area contributed by atoms with Crippen LogP contribution in [0.2, 0.25) is 0 Å². The van der Waals surface area contributed by atoms with Crippen molar-refractivity contribution in [3.8, 4) is 0 Å². The molecule has 0 aliphatic heterocycles. The van der Waals surface area contributed by atoms with E-state index in [2.05, 4.69) is 37.5 Å². The molecule has 0 bridgehead atoms. The van der Waals surface area contributed by atoms with Gasteiger partial charge in [0.1, 0.15) is 0 Å². The first-order valence-electron chi connectivity index (χ1n) is 9.96. The topological polar surface area (TPSA) is 115 Å². The first-order chi connectivity index (χ1) is 14.9. The number of anilines is 2. The van der Waals surface area contributed by atoms with Gasteiger partial charge < -0.3 is 9.80 Å². The minimum Gasteiger partial charge on any atom is -0.372 e. The van der Waals surface area contributed by atoms with Crippen LogP contribution in [-0.2, 0) is 35.1 Å². The SMILES string of the molecule is CCN(CC)c1ccc(SS(=O)(=O)O)cc1.CCN(CC)c1ccc(SS(=O)(=O)O)cc1.[Co]. The second-order valence-electron chi connectivity index (χ2n) is 6.35. The molecule has 33 heavy (non-hydrogen) atoms. The van der Waals surface area contributed by atoms with E-state index in [1.807, 2.05) is 24.3 Å². The van der Waals surface area contributed by atoms with E-state index in [4.69, 9.17) is 9.11 Å². The molecule has 0 saturated carbocycles. The summed E-state index contributed by atoms with van der Waals surface area (Å²) in [4.78, 5) is 5.33. The summed E-state index contributed by atoms with van der Waals surface area (Å²) in [7, 11) is -7.15. The molecule has 8 nitrogen and oxygen atoms in total. The van der Waals surface area contributed by atoms with Crippen LogP contribution in [0.1, 0.15) is 27.7 Å². The van der Waals surface area contributed by atoms with E-state index in [1.165, 1.54) is 0 Å². The summed E-state index contributed by atoms with van der Waals surface area (Å²) in [5.41, 5.74) is 2.09. The fourth-order valence-corrected chi connectivity index (χ4v) is 5.95. The van der Waals surface area contributed by atoms with Crippen LogP contribution in [-0.4, -0.2) is 52.1 Å². The Hall–Kier alpha value is -0.934. The molecule has 0 atom stereocenters. The van der Waals surface area contributed by atoms with E-state index >= 15 is 0 Å². The van der Waals surface area contributed by atoms with E-state index in [0.717, 1.165) is 37.6 Å². The molecule has 2 rings (SSSR count). The van der Waals surface area contributed by atoms with Crippen LogP contribution in [0.4, 0.5) is 11.4 Å². The molecular weight excluding hydrogens is 551 g/mol. The molecule has 13 heteroatoms. The zero-order valence-electron chi connectivity index (χ0n) is 18.8. The predicted octanol–water partition coefficient (Wildman–Crippen LogP) is 4.85. The van der Waals surface area contributed by atoms with Gasteiger partial charge in [-0.05, 0) is 76.2 Å². The maximum Gasteiger partial charge on any atom is 0.324 e. The molecule has 0 aliphatic carbocycles. The summed E-state index contributed by atoms with van der Waals surface area (Å²) in [5.74, 6) is 0. The molecule has 0 saturated heterocycles. The third kappa shape index (κ3) is 12.9. The molecule has 2 aromatic carbocycles. The van der Waals surface area contributed by atoms with Gasteiger partial charge in [0, 0.05) is 85.7 Å². The molecule has 2 aromatic rings. The predicted molar refractivity (Wildman–Crippen MR) is 135 cm³/mol. The van der Waals surface area contributed by atoms with E-state index in [1.54, 1.807) is 24.3 Å². The van der Waals surface area contributed by atoms with Crippen molar-refractivity contribution in [2.24, 2.45) is 0 Å². The summed E-state index contributed by atoms with van der Waals surface area (Å²) in [6, 6.07) is 14.1. The molecule has 0 fully saturated rings. The van der Waals surface area contributed by atoms with Crippen molar-refractivity contribution < 1.29 is 42.7 Å². The first-order valence-corrected chi connectivity index (χ1v) is 15.5. The van der Waals surface area contributed by atoms with E-state index in [0.29, 0.717) is 31.4 Å². The number of hydrogen-bond acceptors (Lipinski definition) is 8. The van der Waals surface area contributed by atoms with Gasteiger partial charge in [-0.25, -0.2) is 0 Å². The molecule has 0 unspecified atom stereocenters. The van der Waals surface area contributed by atoms with Crippen molar-refractivity contribution >= 4 is 51.3 Å². The van der Waals surface area contributed by atoms with Gasteiger partial charge in [-0.2, -0.15) is 16.8 Å². The van der Waals surface area contributed by atoms with Gasteiger partial charge in [-0.15, -0.1) is 0 Å². The monoisotopic (exact) mass is 581 g/mol. The number of benzene rings is 2. The molecule has 0 amide bonds. The summed E-state index contributed by atoms with van der Waals surface area (Å²) >= 11 is 0. The Morgan fingerprint density at radius 2 is 0.848 bits per heavy atom. The second kappa shape index (κ2) is 15.1. The Labute approximate surface area is 215 Å². The van der Waals surface area contributed by atoms with E-state index < -0.39 is 18.3 Å². The molecule has 189 valence electrons. The molecule has 0 heterocycles. The van der Waals surface area contributed by atoms with Crippen molar-refractivity contribution in [3.05, 3.63) is 48.5 Å². The average molecular weight is 582 g/mol. The third-order valence-electron chi connectivity index (χ3n) is 4.33. The summed E-state index contributed by atoms with van der Waals surface area (Å²) in [6.45, 7) is 11.9. The zero-order valence-corrected chi connectivity index (χ0v) is 23.1. The van der Waals surface area contributed by atoms with Gasteiger partial charge >= 0.3 is 18.3 Å². The molecule has 1 radical (unpaired) electrons. The van der Waals surface area contributed by atoms with Crippen molar-refractivity contribution in [1.82, 2.24) is 0 Å². The molecular formula is C20H30CoN2O6S4. The Kier molecular flexibility index (Phi) is 14.7. The maximum absolute atomic E-state index is 10.6. The third-order valence-corrected chi connectivity index (χ3v) is 8.10. The second-order valence-corrected chi connectivity index (χ2v) is 12.9. The van der Waals surface area contributed by atoms with Gasteiger partial charge in [0.2, 0.25) is 0 Å². The largest absolute Gasteiger partial charge is 0.372 e. The van der Waals surface area contributed by atoms with Crippen molar-refractivity contribution in [2.45, 2.75) is 37.5 Å². The van der Waals surface area contributed by atoms with Crippen LogP contribution >= 0.6 is 21.6 Å². The Bertz CT molecular complexity index is 940. The fourth-order valence-electron chi connectivity index (χ4n) is 2.85. The minimum atomic E-state index is -4.02. The molecule has 0 aromatic heterocycles. The quantitative estimate of drug-likeness (QED) is 0.298. The van der Waals surface area contributed by atoms with Crippen LogP contribution in [0.3, 0.4) is 0 Å². The van der Waals surface area contributed by atoms with Gasteiger partial charge in [-0.3, -0.25) is 9.11 Å². The molecule has 0 aliphatic rings. The molecule has 0 spiro atoms. The summed E-state index contributed by atoms with van der Waals surface area (Å²) < 4.78 is 59.9. The van der Waals surface area contributed by atoms with Crippen molar-refractivity contribution in [3.63, 3.8) is 0 Å². The number of hydrogen-bond donors (Lipinski definition) is 2. The number of nitrogens with zero attached hydrogens (tertiary/aromatic N) is 2. The average Bonchev–Trinajstić information content (AvgIpc) is 2.70. The smallest absolute Gasteiger partial charge is 0.324 e. The summed E-state index contributed by atoms with van der Waals surface area (Å²) in [6.07, 6.45) is 0. The van der Waals surface area contributed by atoms with E-state index in [-0.39, 0.29) is 16.8 Å². The first kappa shape index (κ1) is 32.1. The van der Waals surface area contributed by atoms with Crippen LogP contribution < -0.4 is 9.80 Å². The zero-order chi connectivity index (χ0) is 24.4. The molecule has 2 N–H and O–H groups in total.